The zero-order valence-corrected chi connectivity index (χ0v) is 20.6. The Morgan fingerprint density at radius 2 is 1.69 bits per heavy atom. The van der Waals surface area contributed by atoms with E-state index in [-0.39, 0.29) is 10.6 Å². The molecule has 3 aromatic rings. The maximum absolute atomic E-state index is 13.6. The number of nitrogens with one attached hydrogen (secondary N) is 1. The molecule has 1 aliphatic heterocycles. The molecule has 4 rings (SSSR count). The lowest BCUT2D eigenvalue weighted by Crippen LogP contribution is -2.41. The van der Waals surface area contributed by atoms with Crippen molar-refractivity contribution >= 4 is 21.6 Å². The molecule has 0 spiro atoms. The molecule has 0 radical (unpaired) electrons. The van der Waals surface area contributed by atoms with Crippen molar-refractivity contribution in [1.29, 1.82) is 0 Å². The van der Waals surface area contributed by atoms with Gasteiger partial charge in [-0.1, -0.05) is 12.1 Å². The highest BCUT2D eigenvalue weighted by Gasteiger charge is 2.29. The molecule has 1 N–H and O–H groups in total. The number of anilines is 1. The summed E-state index contributed by atoms with van der Waals surface area (Å²) >= 11 is 0. The van der Waals surface area contributed by atoms with E-state index in [0.29, 0.717) is 37.7 Å². The van der Waals surface area contributed by atoms with Crippen molar-refractivity contribution in [3.8, 4) is 17.2 Å². The van der Waals surface area contributed by atoms with Gasteiger partial charge >= 0.3 is 0 Å². The van der Waals surface area contributed by atoms with Gasteiger partial charge in [-0.3, -0.25) is 9.10 Å². The normalized spacial score (nSPS) is 12.6. The summed E-state index contributed by atoms with van der Waals surface area (Å²) in [6, 6.07) is 16.9. The van der Waals surface area contributed by atoms with Crippen molar-refractivity contribution in [1.82, 2.24) is 5.32 Å². The fraction of sp³-hybridized carbons (Fsp3) is 0.269. The van der Waals surface area contributed by atoms with E-state index in [0.717, 1.165) is 34.2 Å². The van der Waals surface area contributed by atoms with Crippen molar-refractivity contribution < 1.29 is 31.8 Å². The van der Waals surface area contributed by atoms with Gasteiger partial charge in [0.1, 0.15) is 31.3 Å². The molecular weight excluding hydrogens is 487 g/mol. The second kappa shape index (κ2) is 11.3. The lowest BCUT2D eigenvalue weighted by atomic mass is 10.1. The van der Waals surface area contributed by atoms with Crippen LogP contribution in [0.15, 0.2) is 71.6 Å². The first-order valence-corrected chi connectivity index (χ1v) is 12.9. The molecule has 10 heteroatoms. The van der Waals surface area contributed by atoms with Gasteiger partial charge in [-0.05, 0) is 66.9 Å². The molecule has 1 amide bonds. The molecule has 3 aromatic carbocycles. The van der Waals surface area contributed by atoms with E-state index in [4.69, 9.17) is 14.2 Å². The number of ether oxygens (including phenoxy) is 3. The highest BCUT2D eigenvalue weighted by molar-refractivity contribution is 7.92. The molecule has 0 saturated heterocycles. The molecule has 1 heterocycles. The molecule has 0 unspecified atom stereocenters. The SMILES string of the molecule is COc1ccc(CCCNC(=O)CN(c2ccc(F)cc2)S(=O)(=O)c2ccc3c(c2)OCCO3)cc1. The second-order valence-electron chi connectivity index (χ2n) is 8.10. The average Bonchev–Trinajstić information content (AvgIpc) is 2.90. The predicted molar refractivity (Wildman–Crippen MR) is 133 cm³/mol. The minimum atomic E-state index is -4.17. The van der Waals surface area contributed by atoms with Gasteiger partial charge in [0.2, 0.25) is 5.91 Å². The van der Waals surface area contributed by atoms with Crippen LogP contribution in [-0.4, -0.2) is 47.7 Å². The third-order valence-corrected chi connectivity index (χ3v) is 7.40. The van der Waals surface area contributed by atoms with Crippen LogP contribution in [0.5, 0.6) is 17.2 Å². The van der Waals surface area contributed by atoms with Crippen molar-refractivity contribution in [2.75, 3.05) is 37.7 Å². The van der Waals surface area contributed by atoms with E-state index >= 15 is 0 Å². The largest absolute Gasteiger partial charge is 0.497 e. The van der Waals surface area contributed by atoms with Gasteiger partial charge in [0.25, 0.3) is 10.0 Å². The summed E-state index contributed by atoms with van der Waals surface area (Å²) in [4.78, 5) is 12.7. The highest BCUT2D eigenvalue weighted by Crippen LogP contribution is 2.34. The van der Waals surface area contributed by atoms with Crippen LogP contribution in [-0.2, 0) is 21.2 Å². The van der Waals surface area contributed by atoms with Crippen molar-refractivity contribution in [3.63, 3.8) is 0 Å². The molecule has 190 valence electrons. The molecule has 0 saturated carbocycles. The summed E-state index contributed by atoms with van der Waals surface area (Å²) in [6.45, 7) is 0.577. The minimum Gasteiger partial charge on any atom is -0.497 e. The summed E-state index contributed by atoms with van der Waals surface area (Å²) in [5.74, 6) is 0.535. The summed E-state index contributed by atoms with van der Waals surface area (Å²) < 4.78 is 57.7. The van der Waals surface area contributed by atoms with E-state index in [2.05, 4.69) is 5.32 Å². The quantitative estimate of drug-likeness (QED) is 0.416. The Balaban J connectivity index is 1.45. The first-order valence-electron chi connectivity index (χ1n) is 11.4. The van der Waals surface area contributed by atoms with Gasteiger partial charge in [0.05, 0.1) is 17.7 Å². The smallest absolute Gasteiger partial charge is 0.264 e. The number of nitrogens with zero attached hydrogens (tertiary/aromatic N) is 1. The van der Waals surface area contributed by atoms with Gasteiger partial charge in [0.15, 0.2) is 11.5 Å². The van der Waals surface area contributed by atoms with Crippen LogP contribution in [0.25, 0.3) is 0 Å². The summed E-state index contributed by atoms with van der Waals surface area (Å²) in [5.41, 5.74) is 1.26. The van der Waals surface area contributed by atoms with Crippen LogP contribution >= 0.6 is 0 Å². The molecule has 1 aliphatic rings. The fourth-order valence-corrected chi connectivity index (χ4v) is 5.17. The topological polar surface area (TPSA) is 94.2 Å². The number of hydrogen-bond acceptors (Lipinski definition) is 6. The average molecular weight is 515 g/mol. The third kappa shape index (κ3) is 6.06. The van der Waals surface area contributed by atoms with Crippen LogP contribution in [0.3, 0.4) is 0 Å². The van der Waals surface area contributed by atoms with Crippen molar-refractivity contribution in [3.05, 3.63) is 78.1 Å². The maximum Gasteiger partial charge on any atom is 0.264 e. The molecule has 0 atom stereocenters. The van der Waals surface area contributed by atoms with Crippen LogP contribution in [0.4, 0.5) is 10.1 Å². The number of fused-ring (bicyclic) bond motifs is 1. The number of carbonyl (C=O) groups is 1. The standard InChI is InChI=1S/C26H27FN2O6S/c1-33-22-10-4-19(5-11-22)3-2-14-28-26(30)18-29(21-8-6-20(27)7-9-21)36(31,32)23-12-13-24-25(17-23)35-16-15-34-24/h4-13,17H,2-3,14-16,18H2,1H3,(H,28,30). The Hall–Kier alpha value is -3.79. The molecule has 36 heavy (non-hydrogen) atoms. The second-order valence-corrected chi connectivity index (χ2v) is 9.96. The fourth-order valence-electron chi connectivity index (χ4n) is 3.73. The third-order valence-electron chi connectivity index (χ3n) is 5.63. The Morgan fingerprint density at radius 3 is 2.39 bits per heavy atom. The number of amides is 1. The van der Waals surface area contributed by atoms with Crippen LogP contribution in [0.1, 0.15) is 12.0 Å². The molecule has 8 nitrogen and oxygen atoms in total. The molecular formula is C26H27FN2O6S. The summed E-state index contributed by atoms with van der Waals surface area (Å²) in [5, 5.41) is 2.77. The van der Waals surface area contributed by atoms with E-state index < -0.39 is 28.3 Å². The van der Waals surface area contributed by atoms with Crippen LogP contribution in [0.2, 0.25) is 0 Å². The van der Waals surface area contributed by atoms with E-state index in [9.17, 15) is 17.6 Å². The lowest BCUT2D eigenvalue weighted by molar-refractivity contribution is -0.119. The number of benzene rings is 3. The zero-order valence-electron chi connectivity index (χ0n) is 19.8. The minimum absolute atomic E-state index is 0.0663. The number of aryl methyl sites for hydroxylation is 1. The Kier molecular flexibility index (Phi) is 7.94. The van der Waals surface area contributed by atoms with Gasteiger partial charge in [-0.15, -0.1) is 0 Å². The Labute approximate surface area is 209 Å². The van der Waals surface area contributed by atoms with E-state index in [1.165, 1.54) is 30.3 Å². The van der Waals surface area contributed by atoms with Gasteiger partial charge in [-0.25, -0.2) is 12.8 Å². The number of methoxy groups -OCH3 is 1. The van der Waals surface area contributed by atoms with Gasteiger partial charge in [-0.2, -0.15) is 0 Å². The van der Waals surface area contributed by atoms with Crippen molar-refractivity contribution in [2.45, 2.75) is 17.7 Å². The number of rotatable bonds is 10. The molecule has 0 bridgehead atoms. The number of sulfonamides is 1. The molecule has 0 fully saturated rings. The van der Waals surface area contributed by atoms with Crippen LogP contribution in [0, 0.1) is 5.82 Å². The number of halogens is 1. The van der Waals surface area contributed by atoms with Crippen molar-refractivity contribution in [2.24, 2.45) is 0 Å². The van der Waals surface area contributed by atoms with E-state index in [1.54, 1.807) is 7.11 Å². The lowest BCUT2D eigenvalue weighted by Gasteiger charge is -2.25. The Bertz CT molecular complexity index is 1300. The van der Waals surface area contributed by atoms with E-state index in [1.807, 2.05) is 24.3 Å². The summed E-state index contributed by atoms with van der Waals surface area (Å²) in [7, 11) is -2.57. The first-order chi connectivity index (χ1) is 17.4. The Morgan fingerprint density at radius 1 is 1.00 bits per heavy atom. The summed E-state index contributed by atoms with van der Waals surface area (Å²) in [6.07, 6.45) is 1.41. The number of carbonyl (C=O) groups excluding carboxylic acids is 1. The predicted octanol–water partition coefficient (Wildman–Crippen LogP) is 3.55. The highest BCUT2D eigenvalue weighted by atomic mass is 32.2. The number of hydrogen-bond donors (Lipinski definition) is 1. The zero-order chi connectivity index (χ0) is 25.5. The molecule has 0 aromatic heterocycles. The monoisotopic (exact) mass is 514 g/mol. The van der Waals surface area contributed by atoms with Gasteiger partial charge < -0.3 is 19.5 Å². The first kappa shape index (κ1) is 25.3. The van der Waals surface area contributed by atoms with Crippen LogP contribution < -0.4 is 23.8 Å². The molecule has 0 aliphatic carbocycles. The maximum atomic E-state index is 13.6. The van der Waals surface area contributed by atoms with Gasteiger partial charge in [0, 0.05) is 12.6 Å².